The van der Waals surface area contributed by atoms with Gasteiger partial charge in [-0.15, -0.1) is 0 Å². The predicted molar refractivity (Wildman–Crippen MR) is 105 cm³/mol. The summed E-state index contributed by atoms with van der Waals surface area (Å²) in [6.07, 6.45) is 0.0508. The van der Waals surface area contributed by atoms with Crippen LogP contribution in [0.3, 0.4) is 0 Å². The fraction of sp³-hybridized carbons (Fsp3) is 0.381. The molecular formula is C21H25NO6. The van der Waals surface area contributed by atoms with Gasteiger partial charge in [-0.25, -0.2) is 0 Å². The average molecular weight is 387 g/mol. The molecule has 0 heterocycles. The molecule has 2 rings (SSSR count). The van der Waals surface area contributed by atoms with E-state index in [1.54, 1.807) is 33.1 Å². The molecule has 0 bridgehead atoms. The van der Waals surface area contributed by atoms with Crippen molar-refractivity contribution in [1.29, 1.82) is 0 Å². The SMILES string of the molecule is CCOC(=O)C(Cc1ccc2cc(OC)ccc2c1NC(C)=O)C(=O)OCC. The van der Waals surface area contributed by atoms with Gasteiger partial charge in [-0.1, -0.05) is 12.1 Å². The lowest BCUT2D eigenvalue weighted by Gasteiger charge is -2.18. The molecule has 0 aromatic heterocycles. The van der Waals surface area contributed by atoms with E-state index in [4.69, 9.17) is 14.2 Å². The molecule has 0 fully saturated rings. The van der Waals surface area contributed by atoms with Crippen LogP contribution in [-0.4, -0.2) is 38.2 Å². The minimum atomic E-state index is -1.11. The Morgan fingerprint density at radius 2 is 1.64 bits per heavy atom. The first-order valence-electron chi connectivity index (χ1n) is 9.11. The van der Waals surface area contributed by atoms with Gasteiger partial charge >= 0.3 is 11.9 Å². The molecule has 0 spiro atoms. The number of amides is 1. The predicted octanol–water partition coefficient (Wildman–Crippen LogP) is 3.09. The fourth-order valence-electron chi connectivity index (χ4n) is 2.94. The topological polar surface area (TPSA) is 90.9 Å². The second kappa shape index (κ2) is 9.73. The lowest BCUT2D eigenvalue weighted by atomic mass is 9.94. The first kappa shape index (κ1) is 21.2. The molecule has 150 valence electrons. The van der Waals surface area contributed by atoms with Crippen LogP contribution in [0, 0.1) is 5.92 Å². The van der Waals surface area contributed by atoms with Gasteiger partial charge in [0.15, 0.2) is 5.92 Å². The van der Waals surface area contributed by atoms with E-state index >= 15 is 0 Å². The van der Waals surface area contributed by atoms with Crippen LogP contribution in [0.2, 0.25) is 0 Å². The van der Waals surface area contributed by atoms with E-state index in [0.717, 1.165) is 10.8 Å². The Morgan fingerprint density at radius 1 is 1.00 bits per heavy atom. The maximum atomic E-state index is 12.3. The molecule has 0 saturated carbocycles. The molecule has 2 aromatic carbocycles. The Morgan fingerprint density at radius 3 is 2.18 bits per heavy atom. The zero-order valence-corrected chi connectivity index (χ0v) is 16.5. The minimum absolute atomic E-state index is 0.0508. The second-order valence-corrected chi connectivity index (χ2v) is 6.13. The lowest BCUT2D eigenvalue weighted by Crippen LogP contribution is -2.30. The average Bonchev–Trinajstić information content (AvgIpc) is 2.66. The van der Waals surface area contributed by atoms with Gasteiger partial charge < -0.3 is 19.5 Å². The van der Waals surface area contributed by atoms with Gasteiger partial charge in [-0.3, -0.25) is 14.4 Å². The summed E-state index contributed by atoms with van der Waals surface area (Å²) >= 11 is 0. The summed E-state index contributed by atoms with van der Waals surface area (Å²) in [5, 5.41) is 4.45. The number of hydrogen-bond acceptors (Lipinski definition) is 6. The van der Waals surface area contributed by atoms with Crippen LogP contribution in [0.1, 0.15) is 26.3 Å². The summed E-state index contributed by atoms with van der Waals surface area (Å²) in [5.41, 5.74) is 1.19. The van der Waals surface area contributed by atoms with E-state index in [2.05, 4.69) is 5.32 Å². The molecule has 0 unspecified atom stereocenters. The second-order valence-electron chi connectivity index (χ2n) is 6.13. The van der Waals surface area contributed by atoms with Crippen molar-refractivity contribution in [3.05, 3.63) is 35.9 Å². The number of rotatable bonds is 8. The zero-order chi connectivity index (χ0) is 20.7. The van der Waals surface area contributed by atoms with Crippen LogP contribution in [0.15, 0.2) is 30.3 Å². The third kappa shape index (κ3) is 5.00. The Bertz CT molecular complexity index is 859. The number of nitrogens with one attached hydrogen (secondary N) is 1. The molecular weight excluding hydrogens is 362 g/mol. The molecule has 1 amide bonds. The van der Waals surface area contributed by atoms with Crippen molar-refractivity contribution in [2.45, 2.75) is 27.2 Å². The minimum Gasteiger partial charge on any atom is -0.497 e. The van der Waals surface area contributed by atoms with Crippen molar-refractivity contribution in [3.63, 3.8) is 0 Å². The molecule has 28 heavy (non-hydrogen) atoms. The van der Waals surface area contributed by atoms with E-state index in [-0.39, 0.29) is 25.5 Å². The van der Waals surface area contributed by atoms with E-state index in [9.17, 15) is 14.4 Å². The van der Waals surface area contributed by atoms with Gasteiger partial charge in [0.25, 0.3) is 0 Å². The summed E-state index contributed by atoms with van der Waals surface area (Å²) in [6.45, 7) is 5.06. The number of hydrogen-bond donors (Lipinski definition) is 1. The molecule has 0 saturated heterocycles. The van der Waals surface area contributed by atoms with Crippen molar-refractivity contribution >= 4 is 34.3 Å². The standard InChI is InChI=1S/C21H25NO6/c1-5-27-20(24)18(21(25)28-6-2)12-15-8-7-14-11-16(26-4)9-10-17(14)19(15)22-13(3)23/h7-11,18H,5-6,12H2,1-4H3,(H,22,23). The smallest absolute Gasteiger partial charge is 0.320 e. The molecule has 0 aliphatic rings. The van der Waals surface area contributed by atoms with Gasteiger partial charge in [-0.05, 0) is 49.4 Å². The third-order valence-electron chi connectivity index (χ3n) is 4.18. The highest BCUT2D eigenvalue weighted by Gasteiger charge is 2.31. The Hall–Kier alpha value is -3.09. The van der Waals surface area contributed by atoms with Crippen LogP contribution >= 0.6 is 0 Å². The van der Waals surface area contributed by atoms with Crippen LogP contribution < -0.4 is 10.1 Å². The van der Waals surface area contributed by atoms with Crippen LogP contribution in [0.4, 0.5) is 5.69 Å². The van der Waals surface area contributed by atoms with E-state index in [1.807, 2.05) is 18.2 Å². The highest BCUT2D eigenvalue weighted by molar-refractivity contribution is 6.04. The quantitative estimate of drug-likeness (QED) is 0.553. The monoisotopic (exact) mass is 387 g/mol. The van der Waals surface area contributed by atoms with E-state index < -0.39 is 17.9 Å². The Labute approximate surface area is 164 Å². The summed E-state index contributed by atoms with van der Waals surface area (Å²) in [6, 6.07) is 9.08. The van der Waals surface area contributed by atoms with Gasteiger partial charge in [0.2, 0.25) is 5.91 Å². The van der Waals surface area contributed by atoms with E-state index in [0.29, 0.717) is 17.0 Å². The van der Waals surface area contributed by atoms with Gasteiger partial charge in [0, 0.05) is 12.3 Å². The van der Waals surface area contributed by atoms with Gasteiger partial charge in [0.1, 0.15) is 5.75 Å². The van der Waals surface area contributed by atoms with Crippen LogP contribution in [0.25, 0.3) is 10.8 Å². The van der Waals surface area contributed by atoms with Crippen molar-refractivity contribution < 1.29 is 28.6 Å². The van der Waals surface area contributed by atoms with Gasteiger partial charge in [0.05, 0.1) is 26.0 Å². The van der Waals surface area contributed by atoms with Crippen LogP contribution in [-0.2, 0) is 30.3 Å². The number of carbonyl (C=O) groups excluding carboxylic acids is 3. The van der Waals surface area contributed by atoms with E-state index in [1.165, 1.54) is 6.92 Å². The Kier molecular flexibility index (Phi) is 7.37. The summed E-state index contributed by atoms with van der Waals surface area (Å²) in [5.74, 6) is -1.98. The van der Waals surface area contributed by atoms with Crippen molar-refractivity contribution in [2.24, 2.45) is 5.92 Å². The molecule has 7 nitrogen and oxygen atoms in total. The van der Waals surface area contributed by atoms with Crippen molar-refractivity contribution in [2.75, 3.05) is 25.6 Å². The highest BCUT2D eigenvalue weighted by atomic mass is 16.6. The number of methoxy groups -OCH3 is 1. The van der Waals surface area contributed by atoms with Crippen molar-refractivity contribution in [1.82, 2.24) is 0 Å². The third-order valence-corrected chi connectivity index (χ3v) is 4.18. The molecule has 1 N–H and O–H groups in total. The number of esters is 2. The van der Waals surface area contributed by atoms with Crippen LogP contribution in [0.5, 0.6) is 5.75 Å². The van der Waals surface area contributed by atoms with Gasteiger partial charge in [-0.2, -0.15) is 0 Å². The summed E-state index contributed by atoms with van der Waals surface area (Å²) < 4.78 is 15.3. The number of carbonyl (C=O) groups is 3. The normalized spacial score (nSPS) is 10.6. The van der Waals surface area contributed by atoms with Crippen molar-refractivity contribution in [3.8, 4) is 5.75 Å². The molecule has 0 aliphatic carbocycles. The number of ether oxygens (including phenoxy) is 3. The number of anilines is 1. The summed E-state index contributed by atoms with van der Waals surface area (Å²) in [7, 11) is 1.58. The Balaban J connectivity index is 2.51. The fourth-order valence-corrected chi connectivity index (χ4v) is 2.94. The zero-order valence-electron chi connectivity index (χ0n) is 16.5. The molecule has 2 aromatic rings. The molecule has 0 aliphatic heterocycles. The number of benzene rings is 2. The molecule has 7 heteroatoms. The molecule has 0 radical (unpaired) electrons. The maximum Gasteiger partial charge on any atom is 0.320 e. The first-order valence-corrected chi connectivity index (χ1v) is 9.11. The highest BCUT2D eigenvalue weighted by Crippen LogP contribution is 2.32. The molecule has 0 atom stereocenters. The lowest BCUT2D eigenvalue weighted by molar-refractivity contribution is -0.161. The largest absolute Gasteiger partial charge is 0.497 e. The first-order chi connectivity index (χ1) is 13.4. The maximum absolute atomic E-state index is 12.3. The number of fused-ring (bicyclic) bond motifs is 1. The summed E-state index contributed by atoms with van der Waals surface area (Å²) in [4.78, 5) is 36.4.